The van der Waals surface area contributed by atoms with E-state index in [0.29, 0.717) is 31.7 Å². The van der Waals surface area contributed by atoms with Crippen molar-refractivity contribution in [1.82, 2.24) is 9.80 Å². The first-order valence-electron chi connectivity index (χ1n) is 6.51. The van der Waals surface area contributed by atoms with E-state index in [1.807, 2.05) is 12.1 Å². The van der Waals surface area contributed by atoms with Gasteiger partial charge < -0.3 is 14.2 Å². The summed E-state index contributed by atoms with van der Waals surface area (Å²) < 4.78 is 5.87. The van der Waals surface area contributed by atoms with Crippen LogP contribution in [-0.4, -0.2) is 47.8 Å². The number of carbonyl (C=O) groups is 2. The summed E-state index contributed by atoms with van der Waals surface area (Å²) in [5, 5.41) is 0. The third-order valence-corrected chi connectivity index (χ3v) is 5.02. The summed E-state index contributed by atoms with van der Waals surface area (Å²) in [6.07, 6.45) is 2.94. The maximum absolute atomic E-state index is 12.3. The topological polar surface area (TPSA) is 53.8 Å². The second kappa shape index (κ2) is 6.03. The summed E-state index contributed by atoms with van der Waals surface area (Å²) in [6.45, 7) is 2.19. The smallest absolute Gasteiger partial charge is 0.264 e. The maximum Gasteiger partial charge on any atom is 0.264 e. The van der Waals surface area contributed by atoms with Crippen molar-refractivity contribution < 1.29 is 14.0 Å². The molecule has 0 aliphatic carbocycles. The van der Waals surface area contributed by atoms with E-state index >= 15 is 0 Å². The van der Waals surface area contributed by atoms with Gasteiger partial charge in [-0.3, -0.25) is 9.59 Å². The van der Waals surface area contributed by atoms with Crippen LogP contribution in [0.1, 0.15) is 20.0 Å². The summed E-state index contributed by atoms with van der Waals surface area (Å²) in [7, 11) is 0. The fourth-order valence-corrected chi connectivity index (χ4v) is 3.62. The third-order valence-electron chi connectivity index (χ3n) is 3.41. The van der Waals surface area contributed by atoms with Gasteiger partial charge in [0, 0.05) is 26.2 Å². The molecule has 21 heavy (non-hydrogen) atoms. The SMILES string of the molecule is O=C(c1ccoc1)N1CCN(C(=O)c2ccc(Br)s2)CC1. The molecule has 1 fully saturated rings. The van der Waals surface area contributed by atoms with Gasteiger partial charge in [-0.15, -0.1) is 11.3 Å². The second-order valence-electron chi connectivity index (χ2n) is 4.70. The quantitative estimate of drug-likeness (QED) is 0.818. The van der Waals surface area contributed by atoms with E-state index in [0.717, 1.165) is 8.66 Å². The molecule has 110 valence electrons. The Labute approximate surface area is 134 Å². The Kier molecular flexibility index (Phi) is 4.12. The number of piperazine rings is 1. The van der Waals surface area contributed by atoms with Gasteiger partial charge >= 0.3 is 0 Å². The number of furan rings is 1. The molecule has 7 heteroatoms. The molecule has 0 radical (unpaired) electrons. The number of halogens is 1. The second-order valence-corrected chi connectivity index (χ2v) is 7.16. The Morgan fingerprint density at radius 1 is 1.05 bits per heavy atom. The minimum Gasteiger partial charge on any atom is -0.472 e. The van der Waals surface area contributed by atoms with Crippen LogP contribution in [0.5, 0.6) is 0 Å². The van der Waals surface area contributed by atoms with E-state index in [2.05, 4.69) is 15.9 Å². The molecule has 2 aromatic heterocycles. The van der Waals surface area contributed by atoms with Crippen molar-refractivity contribution in [2.45, 2.75) is 0 Å². The van der Waals surface area contributed by atoms with Gasteiger partial charge in [0.15, 0.2) is 0 Å². The number of thiophene rings is 1. The molecule has 3 heterocycles. The Morgan fingerprint density at radius 3 is 2.24 bits per heavy atom. The first-order valence-corrected chi connectivity index (χ1v) is 8.12. The van der Waals surface area contributed by atoms with Gasteiger partial charge in [-0.25, -0.2) is 0 Å². The lowest BCUT2D eigenvalue weighted by Gasteiger charge is -2.34. The minimum absolute atomic E-state index is 0.0288. The molecular weight excluding hydrogens is 356 g/mol. The lowest BCUT2D eigenvalue weighted by atomic mass is 10.2. The molecule has 2 amide bonds. The van der Waals surface area contributed by atoms with Crippen molar-refractivity contribution in [3.05, 3.63) is 45.0 Å². The van der Waals surface area contributed by atoms with Gasteiger partial charge in [-0.2, -0.15) is 0 Å². The molecule has 1 aliphatic rings. The zero-order valence-corrected chi connectivity index (χ0v) is 13.5. The lowest BCUT2D eigenvalue weighted by Crippen LogP contribution is -2.50. The maximum atomic E-state index is 12.3. The van der Waals surface area contributed by atoms with E-state index in [1.54, 1.807) is 15.9 Å². The highest BCUT2D eigenvalue weighted by Gasteiger charge is 2.26. The molecule has 0 atom stereocenters. The van der Waals surface area contributed by atoms with Gasteiger partial charge in [0.2, 0.25) is 0 Å². The minimum atomic E-state index is -0.0466. The van der Waals surface area contributed by atoms with Crippen LogP contribution in [0.3, 0.4) is 0 Å². The molecule has 3 rings (SSSR count). The lowest BCUT2D eigenvalue weighted by molar-refractivity contribution is 0.0537. The Balaban J connectivity index is 1.60. The van der Waals surface area contributed by atoms with Crippen LogP contribution in [-0.2, 0) is 0 Å². The largest absolute Gasteiger partial charge is 0.472 e. The fourth-order valence-electron chi connectivity index (χ4n) is 2.27. The Morgan fingerprint density at radius 2 is 1.71 bits per heavy atom. The first kappa shape index (κ1) is 14.3. The molecule has 1 saturated heterocycles. The van der Waals surface area contributed by atoms with E-state index in [-0.39, 0.29) is 11.8 Å². The van der Waals surface area contributed by atoms with Crippen molar-refractivity contribution in [3.63, 3.8) is 0 Å². The van der Waals surface area contributed by atoms with E-state index < -0.39 is 0 Å². The van der Waals surface area contributed by atoms with Crippen LogP contribution in [0, 0.1) is 0 Å². The molecule has 1 aliphatic heterocycles. The predicted molar refractivity (Wildman–Crippen MR) is 82.5 cm³/mol. The van der Waals surface area contributed by atoms with Crippen LogP contribution < -0.4 is 0 Å². The van der Waals surface area contributed by atoms with Crippen molar-refractivity contribution in [2.75, 3.05) is 26.2 Å². The highest BCUT2D eigenvalue weighted by molar-refractivity contribution is 9.11. The number of rotatable bonds is 2. The third kappa shape index (κ3) is 3.03. The average Bonchev–Trinajstić information content (AvgIpc) is 3.17. The Bertz CT molecular complexity index is 645. The monoisotopic (exact) mass is 368 g/mol. The van der Waals surface area contributed by atoms with Crippen LogP contribution in [0.2, 0.25) is 0 Å². The van der Waals surface area contributed by atoms with Crippen molar-refractivity contribution >= 4 is 39.1 Å². The molecule has 0 N–H and O–H groups in total. The summed E-state index contributed by atoms with van der Waals surface area (Å²) in [5.74, 6) is -0.0178. The van der Waals surface area contributed by atoms with Crippen molar-refractivity contribution in [3.8, 4) is 0 Å². The van der Waals surface area contributed by atoms with E-state index in [9.17, 15) is 9.59 Å². The van der Waals surface area contributed by atoms with E-state index in [4.69, 9.17) is 4.42 Å². The first-order chi connectivity index (χ1) is 10.1. The summed E-state index contributed by atoms with van der Waals surface area (Å²) >= 11 is 4.79. The highest BCUT2D eigenvalue weighted by Crippen LogP contribution is 2.23. The molecule has 0 aromatic carbocycles. The van der Waals surface area contributed by atoms with Crippen molar-refractivity contribution in [2.24, 2.45) is 0 Å². The van der Waals surface area contributed by atoms with Crippen LogP contribution >= 0.6 is 27.3 Å². The number of carbonyl (C=O) groups excluding carboxylic acids is 2. The van der Waals surface area contributed by atoms with Crippen molar-refractivity contribution in [1.29, 1.82) is 0 Å². The van der Waals surface area contributed by atoms with Gasteiger partial charge in [-0.05, 0) is 34.1 Å². The number of hydrogen-bond acceptors (Lipinski definition) is 4. The zero-order valence-electron chi connectivity index (χ0n) is 11.1. The summed E-state index contributed by atoms with van der Waals surface area (Å²) in [6, 6.07) is 5.35. The Hall–Kier alpha value is -1.60. The average molecular weight is 369 g/mol. The standard InChI is InChI=1S/C14H13BrN2O3S/c15-12-2-1-11(21-12)14(19)17-6-4-16(5-7-17)13(18)10-3-8-20-9-10/h1-3,8-9H,4-7H2. The van der Waals surface area contributed by atoms with Gasteiger partial charge in [0.05, 0.1) is 20.5 Å². The molecule has 0 bridgehead atoms. The summed E-state index contributed by atoms with van der Waals surface area (Å²) in [4.78, 5) is 28.7. The molecule has 0 spiro atoms. The zero-order chi connectivity index (χ0) is 14.8. The molecule has 0 saturated carbocycles. The normalized spacial score (nSPS) is 15.3. The predicted octanol–water partition coefficient (Wildman–Crippen LogP) is 2.70. The molecular formula is C14H13BrN2O3S. The van der Waals surface area contributed by atoms with E-state index in [1.165, 1.54) is 23.9 Å². The number of nitrogens with zero attached hydrogens (tertiary/aromatic N) is 2. The van der Waals surface area contributed by atoms with Crippen LogP contribution in [0.15, 0.2) is 38.9 Å². The van der Waals surface area contributed by atoms with Crippen LogP contribution in [0.4, 0.5) is 0 Å². The molecule has 2 aromatic rings. The molecule has 0 unspecified atom stereocenters. The van der Waals surface area contributed by atoms with Gasteiger partial charge in [0.25, 0.3) is 11.8 Å². The van der Waals surface area contributed by atoms with Gasteiger partial charge in [-0.1, -0.05) is 0 Å². The van der Waals surface area contributed by atoms with Gasteiger partial charge in [0.1, 0.15) is 6.26 Å². The number of amides is 2. The van der Waals surface area contributed by atoms with Crippen LogP contribution in [0.25, 0.3) is 0 Å². The highest BCUT2D eigenvalue weighted by atomic mass is 79.9. The molecule has 5 nitrogen and oxygen atoms in total. The fraction of sp³-hybridized carbons (Fsp3) is 0.286. The summed E-state index contributed by atoms with van der Waals surface area (Å²) in [5.41, 5.74) is 0.553. The number of hydrogen-bond donors (Lipinski definition) is 0.